The minimum Gasteiger partial charge on any atom is -0.340 e. The molecule has 1 aromatic heterocycles. The topological polar surface area (TPSA) is 51.1 Å². The number of Topliss-reactive ketones (excluding diaryl/α,β-unsaturated/α-hetero) is 2. The van der Waals surface area contributed by atoms with Gasteiger partial charge in [0.05, 0.1) is 0 Å². The second-order valence-electron chi connectivity index (χ2n) is 8.16. The summed E-state index contributed by atoms with van der Waals surface area (Å²) in [7, 11) is 0. The highest BCUT2D eigenvalue weighted by Gasteiger charge is 2.25. The normalized spacial score (nSPS) is 13.8. The lowest BCUT2D eigenvalue weighted by molar-refractivity contribution is 0.0991. The van der Waals surface area contributed by atoms with Crippen molar-refractivity contribution < 1.29 is 9.59 Å². The zero-order valence-corrected chi connectivity index (χ0v) is 17.0. The number of benzene rings is 2. The summed E-state index contributed by atoms with van der Waals surface area (Å²) < 4.78 is 2.37. The summed E-state index contributed by atoms with van der Waals surface area (Å²) in [5.74, 6) is 0.312. The maximum absolute atomic E-state index is 12.3. The lowest BCUT2D eigenvalue weighted by Crippen LogP contribution is -2.23. The molecule has 0 bridgehead atoms. The molecule has 0 radical (unpaired) electrons. The predicted octanol–water partition coefficient (Wildman–Crippen LogP) is 4.90. The molecule has 1 N–H and O–H groups in total. The number of nitrogens with one attached hydrogen (secondary N) is 1. The molecule has 4 heteroatoms. The SMILES string of the molecule is CC(=O)c1ccc2c(c1)c1c3c(ccc1n2CCCCNC(C)C)C(=O)CC3. The van der Waals surface area contributed by atoms with Gasteiger partial charge < -0.3 is 9.88 Å². The van der Waals surface area contributed by atoms with Gasteiger partial charge in [-0.2, -0.15) is 0 Å². The van der Waals surface area contributed by atoms with Gasteiger partial charge in [0.15, 0.2) is 11.6 Å². The highest BCUT2D eigenvalue weighted by molar-refractivity contribution is 6.16. The molecule has 0 unspecified atom stereocenters. The number of unbranched alkanes of at least 4 members (excludes halogenated alkanes) is 1. The van der Waals surface area contributed by atoms with Crippen molar-refractivity contribution in [3.05, 3.63) is 47.0 Å². The third-order valence-corrected chi connectivity index (χ3v) is 5.81. The summed E-state index contributed by atoms with van der Waals surface area (Å²) >= 11 is 0. The molecule has 0 atom stereocenters. The summed E-state index contributed by atoms with van der Waals surface area (Å²) in [5.41, 5.74) is 5.09. The Balaban J connectivity index is 1.79. The Morgan fingerprint density at radius 1 is 1.11 bits per heavy atom. The minimum atomic E-state index is 0.0752. The molecular weight excluding hydrogens is 348 g/mol. The maximum Gasteiger partial charge on any atom is 0.163 e. The van der Waals surface area contributed by atoms with E-state index in [1.807, 2.05) is 18.2 Å². The fourth-order valence-corrected chi connectivity index (χ4v) is 4.40. The summed E-state index contributed by atoms with van der Waals surface area (Å²) in [6.45, 7) is 7.90. The van der Waals surface area contributed by atoms with Crippen LogP contribution in [0.1, 0.15) is 66.3 Å². The lowest BCUT2D eigenvalue weighted by Gasteiger charge is -2.10. The largest absolute Gasteiger partial charge is 0.340 e. The van der Waals surface area contributed by atoms with Crippen molar-refractivity contribution in [2.75, 3.05) is 6.54 Å². The molecule has 4 nitrogen and oxygen atoms in total. The number of hydrogen-bond donors (Lipinski definition) is 1. The van der Waals surface area contributed by atoms with E-state index in [1.54, 1.807) is 6.92 Å². The van der Waals surface area contributed by atoms with Crippen molar-refractivity contribution >= 4 is 33.4 Å². The van der Waals surface area contributed by atoms with Gasteiger partial charge in [0, 0.05) is 51.9 Å². The Labute approximate surface area is 165 Å². The Kier molecular flexibility index (Phi) is 5.07. The number of carbonyl (C=O) groups is 2. The highest BCUT2D eigenvalue weighted by Crippen LogP contribution is 2.37. The number of aryl methyl sites for hydroxylation is 2. The number of nitrogens with zero attached hydrogens (tertiary/aromatic N) is 1. The van der Waals surface area contributed by atoms with Gasteiger partial charge in [-0.3, -0.25) is 9.59 Å². The summed E-state index contributed by atoms with van der Waals surface area (Å²) in [6.07, 6.45) is 3.60. The quantitative estimate of drug-likeness (QED) is 0.471. The van der Waals surface area contributed by atoms with Crippen LogP contribution in [0.15, 0.2) is 30.3 Å². The maximum atomic E-state index is 12.3. The van der Waals surface area contributed by atoms with Crippen LogP contribution >= 0.6 is 0 Å². The van der Waals surface area contributed by atoms with Crippen molar-refractivity contribution in [3.63, 3.8) is 0 Å². The Morgan fingerprint density at radius 3 is 2.64 bits per heavy atom. The van der Waals surface area contributed by atoms with Crippen LogP contribution in [-0.2, 0) is 13.0 Å². The number of aromatic nitrogens is 1. The van der Waals surface area contributed by atoms with Crippen molar-refractivity contribution in [2.24, 2.45) is 0 Å². The number of carbonyl (C=O) groups excluding carboxylic acids is 2. The van der Waals surface area contributed by atoms with Gasteiger partial charge in [-0.1, -0.05) is 13.8 Å². The van der Waals surface area contributed by atoms with Gasteiger partial charge in [0.25, 0.3) is 0 Å². The summed E-state index contributed by atoms with van der Waals surface area (Å²) in [6, 6.07) is 10.6. The molecule has 0 aliphatic heterocycles. The molecule has 0 saturated carbocycles. The molecule has 2 aromatic carbocycles. The van der Waals surface area contributed by atoms with Gasteiger partial charge in [-0.25, -0.2) is 0 Å². The van der Waals surface area contributed by atoms with Crippen molar-refractivity contribution in [1.82, 2.24) is 9.88 Å². The van der Waals surface area contributed by atoms with Gasteiger partial charge >= 0.3 is 0 Å². The first-order chi connectivity index (χ1) is 13.5. The third kappa shape index (κ3) is 3.26. The van der Waals surface area contributed by atoms with E-state index in [2.05, 4.69) is 35.9 Å². The molecule has 0 spiro atoms. The zero-order chi connectivity index (χ0) is 19.8. The molecule has 1 aliphatic rings. The van der Waals surface area contributed by atoms with Gasteiger partial charge in [-0.05, 0) is 68.6 Å². The molecule has 28 heavy (non-hydrogen) atoms. The van der Waals surface area contributed by atoms with Crippen molar-refractivity contribution in [1.29, 1.82) is 0 Å². The van der Waals surface area contributed by atoms with Crippen molar-refractivity contribution in [2.45, 2.75) is 59.0 Å². The standard InChI is InChI=1S/C24H28N2O2/c1-15(2)25-12-4-5-13-26-21-9-6-17(16(3)27)14-20(21)24-19-8-11-23(28)18(19)7-10-22(24)26/h6-7,9-10,14-15,25H,4-5,8,11-13H2,1-3H3. The van der Waals surface area contributed by atoms with Gasteiger partial charge in [-0.15, -0.1) is 0 Å². The fourth-order valence-electron chi connectivity index (χ4n) is 4.40. The Hall–Kier alpha value is -2.46. The van der Waals surface area contributed by atoms with E-state index in [9.17, 15) is 9.59 Å². The first kappa shape index (κ1) is 18.9. The number of rotatable bonds is 7. The van der Waals surface area contributed by atoms with Crippen LogP contribution < -0.4 is 5.32 Å². The number of hydrogen-bond acceptors (Lipinski definition) is 3. The Morgan fingerprint density at radius 2 is 1.89 bits per heavy atom. The molecule has 1 aliphatic carbocycles. The number of ketones is 2. The van der Waals surface area contributed by atoms with E-state index in [1.165, 1.54) is 10.9 Å². The molecule has 4 rings (SSSR count). The van der Waals surface area contributed by atoms with E-state index < -0.39 is 0 Å². The molecule has 3 aromatic rings. The Bertz CT molecular complexity index is 1080. The first-order valence-electron chi connectivity index (χ1n) is 10.3. The second kappa shape index (κ2) is 7.51. The molecule has 0 saturated heterocycles. The molecule has 146 valence electrons. The van der Waals surface area contributed by atoms with Crippen LogP contribution in [0.4, 0.5) is 0 Å². The summed E-state index contributed by atoms with van der Waals surface area (Å²) in [5, 5.41) is 5.75. The van der Waals surface area contributed by atoms with E-state index in [0.29, 0.717) is 12.5 Å². The first-order valence-corrected chi connectivity index (χ1v) is 10.3. The van der Waals surface area contributed by atoms with E-state index >= 15 is 0 Å². The molecule has 1 heterocycles. The smallest absolute Gasteiger partial charge is 0.163 e. The average Bonchev–Trinajstić information content (AvgIpc) is 3.19. The van der Waals surface area contributed by atoms with Crippen molar-refractivity contribution in [3.8, 4) is 0 Å². The van der Waals surface area contributed by atoms with Gasteiger partial charge in [0.2, 0.25) is 0 Å². The monoisotopic (exact) mass is 376 g/mol. The summed E-state index contributed by atoms with van der Waals surface area (Å²) in [4.78, 5) is 24.2. The van der Waals surface area contributed by atoms with E-state index in [4.69, 9.17) is 0 Å². The van der Waals surface area contributed by atoms with Crippen LogP contribution in [0, 0.1) is 0 Å². The predicted molar refractivity (Wildman–Crippen MR) is 114 cm³/mol. The highest BCUT2D eigenvalue weighted by atomic mass is 16.1. The van der Waals surface area contributed by atoms with Crippen LogP contribution in [0.25, 0.3) is 21.8 Å². The number of fused-ring (bicyclic) bond motifs is 5. The lowest BCUT2D eigenvalue weighted by atomic mass is 10.0. The average molecular weight is 377 g/mol. The fraction of sp³-hybridized carbons (Fsp3) is 0.417. The molecule has 0 amide bonds. The van der Waals surface area contributed by atoms with Crippen LogP contribution in [0.2, 0.25) is 0 Å². The third-order valence-electron chi connectivity index (χ3n) is 5.81. The van der Waals surface area contributed by atoms with Crippen LogP contribution in [0.3, 0.4) is 0 Å². The van der Waals surface area contributed by atoms with Crippen LogP contribution in [-0.4, -0.2) is 28.7 Å². The zero-order valence-electron chi connectivity index (χ0n) is 17.0. The van der Waals surface area contributed by atoms with Crippen LogP contribution in [0.5, 0.6) is 0 Å². The van der Waals surface area contributed by atoms with E-state index in [0.717, 1.165) is 59.9 Å². The van der Waals surface area contributed by atoms with E-state index in [-0.39, 0.29) is 11.6 Å². The molecular formula is C24H28N2O2. The molecule has 0 fully saturated rings. The second-order valence-corrected chi connectivity index (χ2v) is 8.16. The minimum absolute atomic E-state index is 0.0752. The van der Waals surface area contributed by atoms with Gasteiger partial charge in [0.1, 0.15) is 0 Å².